The van der Waals surface area contributed by atoms with Gasteiger partial charge in [-0.25, -0.2) is 0 Å². The maximum absolute atomic E-state index is 10.4. The van der Waals surface area contributed by atoms with Crippen LogP contribution in [-0.4, -0.2) is 62.6 Å². The summed E-state index contributed by atoms with van der Waals surface area (Å²) in [5, 5.41) is 10.4. The van der Waals surface area contributed by atoms with E-state index in [1.54, 1.807) is 7.11 Å². The van der Waals surface area contributed by atoms with Gasteiger partial charge in [-0.1, -0.05) is 37.3 Å². The molecule has 0 aromatic heterocycles. The first-order valence-corrected chi connectivity index (χ1v) is 10.2. The molecule has 28 heavy (non-hydrogen) atoms. The number of aliphatic hydroxyl groups excluding tert-OH is 1. The molecule has 2 aromatic rings. The van der Waals surface area contributed by atoms with E-state index in [9.17, 15) is 5.11 Å². The molecule has 3 rings (SSSR count). The maximum Gasteiger partial charge on any atom is 0.119 e. The number of piperazine rings is 1. The molecular weight excluding hydrogens is 352 g/mol. The Bertz CT molecular complexity index is 685. The molecule has 0 radical (unpaired) electrons. The third kappa shape index (κ3) is 5.71. The van der Waals surface area contributed by atoms with Gasteiger partial charge in [-0.3, -0.25) is 4.90 Å². The molecule has 0 saturated carbocycles. The second-order valence-electron chi connectivity index (χ2n) is 7.28. The molecule has 1 N–H and O–H groups in total. The van der Waals surface area contributed by atoms with Crippen molar-refractivity contribution >= 4 is 5.69 Å². The van der Waals surface area contributed by atoms with Crippen LogP contribution in [-0.2, 0) is 4.74 Å². The largest absolute Gasteiger partial charge is 0.497 e. The number of aliphatic hydroxyl groups is 1. The van der Waals surface area contributed by atoms with Gasteiger partial charge in [0, 0.05) is 38.4 Å². The zero-order valence-electron chi connectivity index (χ0n) is 17.0. The number of methoxy groups -OCH3 is 1. The van der Waals surface area contributed by atoms with Gasteiger partial charge >= 0.3 is 0 Å². The zero-order chi connectivity index (χ0) is 19.8. The number of β-amino-alcohol motifs (C(OH)–C–C–N with tert-alkyl or cyclic N) is 1. The molecule has 2 aromatic carbocycles. The van der Waals surface area contributed by atoms with Crippen molar-refractivity contribution in [3.05, 3.63) is 60.2 Å². The second-order valence-corrected chi connectivity index (χ2v) is 7.28. The summed E-state index contributed by atoms with van der Waals surface area (Å²) in [4.78, 5) is 4.69. The first kappa shape index (κ1) is 20.6. The summed E-state index contributed by atoms with van der Waals surface area (Å²) < 4.78 is 11.2. The predicted molar refractivity (Wildman–Crippen MR) is 113 cm³/mol. The second kappa shape index (κ2) is 10.5. The number of ether oxygens (including phenoxy) is 2. The van der Waals surface area contributed by atoms with Gasteiger partial charge in [0.1, 0.15) is 5.75 Å². The molecular formula is C23H32N2O3. The number of rotatable bonds is 9. The van der Waals surface area contributed by atoms with Crippen LogP contribution >= 0.6 is 0 Å². The van der Waals surface area contributed by atoms with Gasteiger partial charge < -0.3 is 19.5 Å². The van der Waals surface area contributed by atoms with Crippen LogP contribution in [0.1, 0.15) is 25.0 Å². The molecule has 0 unspecified atom stereocenters. The maximum atomic E-state index is 10.4. The smallest absolute Gasteiger partial charge is 0.119 e. The standard InChI is InChI=1S/C23H32N2O3/c1-3-23(19-7-5-4-6-8-19)28-18-21(26)17-24-13-15-25(16-14-24)20-9-11-22(27-2)12-10-20/h4-12,21,23,26H,3,13-18H2,1-2H3/t21-,23-/m1/s1. The van der Waals surface area contributed by atoms with E-state index in [1.807, 2.05) is 30.3 Å². The highest BCUT2D eigenvalue weighted by Gasteiger charge is 2.20. The quantitative estimate of drug-likeness (QED) is 0.718. The van der Waals surface area contributed by atoms with Crippen LogP contribution in [0.2, 0.25) is 0 Å². The molecule has 1 saturated heterocycles. The Labute approximate surface area is 168 Å². The van der Waals surface area contributed by atoms with Crippen LogP contribution in [0.15, 0.2) is 54.6 Å². The fraction of sp³-hybridized carbons (Fsp3) is 0.478. The van der Waals surface area contributed by atoms with Gasteiger partial charge in [0.2, 0.25) is 0 Å². The third-order valence-corrected chi connectivity index (χ3v) is 5.31. The first-order chi connectivity index (χ1) is 13.7. The minimum absolute atomic E-state index is 0.0442. The molecule has 1 aliphatic heterocycles. The van der Waals surface area contributed by atoms with Crippen molar-refractivity contribution in [2.45, 2.75) is 25.6 Å². The Kier molecular flexibility index (Phi) is 7.71. The summed E-state index contributed by atoms with van der Waals surface area (Å²) in [5.41, 5.74) is 2.39. The number of benzene rings is 2. The van der Waals surface area contributed by atoms with Crippen LogP contribution in [0.25, 0.3) is 0 Å². The van der Waals surface area contributed by atoms with Crippen LogP contribution in [0, 0.1) is 0 Å². The van der Waals surface area contributed by atoms with Crippen LogP contribution in [0.4, 0.5) is 5.69 Å². The average molecular weight is 385 g/mol. The van der Waals surface area contributed by atoms with Gasteiger partial charge in [-0.2, -0.15) is 0 Å². The lowest BCUT2D eigenvalue weighted by atomic mass is 10.1. The van der Waals surface area contributed by atoms with Crippen molar-refractivity contribution < 1.29 is 14.6 Å². The summed E-state index contributed by atoms with van der Waals surface area (Å²) in [5.74, 6) is 0.881. The molecule has 0 spiro atoms. The first-order valence-electron chi connectivity index (χ1n) is 10.2. The third-order valence-electron chi connectivity index (χ3n) is 5.31. The van der Waals surface area contributed by atoms with Crippen molar-refractivity contribution in [3.8, 4) is 5.75 Å². The highest BCUT2D eigenvalue weighted by atomic mass is 16.5. The number of hydrogen-bond acceptors (Lipinski definition) is 5. The van der Waals surface area contributed by atoms with E-state index in [2.05, 4.69) is 41.0 Å². The van der Waals surface area contributed by atoms with E-state index in [1.165, 1.54) is 11.3 Å². The van der Waals surface area contributed by atoms with Gasteiger partial charge in [-0.05, 0) is 36.2 Å². The molecule has 0 bridgehead atoms. The van der Waals surface area contributed by atoms with Crippen molar-refractivity contribution in [1.82, 2.24) is 4.90 Å². The fourth-order valence-electron chi connectivity index (χ4n) is 3.68. The topological polar surface area (TPSA) is 45.2 Å². The molecule has 1 fully saturated rings. The van der Waals surface area contributed by atoms with Crippen LogP contribution in [0.5, 0.6) is 5.75 Å². The molecule has 2 atom stereocenters. The molecule has 152 valence electrons. The molecule has 5 heteroatoms. The Morgan fingerprint density at radius 1 is 0.964 bits per heavy atom. The average Bonchev–Trinajstić information content (AvgIpc) is 2.75. The van der Waals surface area contributed by atoms with Crippen molar-refractivity contribution in [2.75, 3.05) is 51.3 Å². The van der Waals surface area contributed by atoms with Gasteiger partial charge in [0.25, 0.3) is 0 Å². The van der Waals surface area contributed by atoms with E-state index in [0.717, 1.165) is 38.3 Å². The lowest BCUT2D eigenvalue weighted by Gasteiger charge is -2.37. The Morgan fingerprint density at radius 2 is 1.64 bits per heavy atom. The Morgan fingerprint density at radius 3 is 2.25 bits per heavy atom. The van der Waals surface area contributed by atoms with Gasteiger partial charge in [-0.15, -0.1) is 0 Å². The number of hydrogen-bond donors (Lipinski definition) is 1. The Balaban J connectivity index is 1.41. The van der Waals surface area contributed by atoms with E-state index in [4.69, 9.17) is 9.47 Å². The predicted octanol–water partition coefficient (Wildman–Crippen LogP) is 3.35. The molecule has 1 heterocycles. The van der Waals surface area contributed by atoms with E-state index in [-0.39, 0.29) is 6.10 Å². The molecule has 0 aliphatic carbocycles. The normalized spacial score (nSPS) is 17.3. The summed E-state index contributed by atoms with van der Waals surface area (Å²) in [6, 6.07) is 18.4. The summed E-state index contributed by atoms with van der Waals surface area (Å²) in [7, 11) is 1.69. The van der Waals surface area contributed by atoms with E-state index in [0.29, 0.717) is 13.2 Å². The lowest BCUT2D eigenvalue weighted by Crippen LogP contribution is -2.49. The lowest BCUT2D eigenvalue weighted by molar-refractivity contribution is -0.0240. The van der Waals surface area contributed by atoms with E-state index < -0.39 is 6.10 Å². The Hall–Kier alpha value is -2.08. The van der Waals surface area contributed by atoms with E-state index >= 15 is 0 Å². The van der Waals surface area contributed by atoms with Gasteiger partial charge in [0.15, 0.2) is 0 Å². The highest BCUT2D eigenvalue weighted by molar-refractivity contribution is 5.49. The zero-order valence-corrected chi connectivity index (χ0v) is 17.0. The molecule has 0 amide bonds. The summed E-state index contributed by atoms with van der Waals surface area (Å²) >= 11 is 0. The van der Waals surface area contributed by atoms with Gasteiger partial charge in [0.05, 0.1) is 25.9 Å². The molecule has 1 aliphatic rings. The number of anilines is 1. The minimum Gasteiger partial charge on any atom is -0.497 e. The van der Waals surface area contributed by atoms with Crippen LogP contribution < -0.4 is 9.64 Å². The minimum atomic E-state index is -0.467. The fourth-order valence-corrected chi connectivity index (χ4v) is 3.68. The molecule has 5 nitrogen and oxygen atoms in total. The SMILES string of the molecule is CC[C@@H](OC[C@H](O)CN1CCN(c2ccc(OC)cc2)CC1)c1ccccc1. The van der Waals surface area contributed by atoms with Crippen molar-refractivity contribution in [3.63, 3.8) is 0 Å². The number of nitrogens with zero attached hydrogens (tertiary/aromatic N) is 2. The van der Waals surface area contributed by atoms with Crippen LogP contribution in [0.3, 0.4) is 0 Å². The summed E-state index contributed by atoms with van der Waals surface area (Å²) in [6.45, 7) is 6.94. The monoisotopic (exact) mass is 384 g/mol. The van der Waals surface area contributed by atoms with Crippen molar-refractivity contribution in [1.29, 1.82) is 0 Å². The van der Waals surface area contributed by atoms with Crippen molar-refractivity contribution in [2.24, 2.45) is 0 Å². The summed E-state index contributed by atoms with van der Waals surface area (Å²) in [6.07, 6.45) is 0.477. The highest BCUT2D eigenvalue weighted by Crippen LogP contribution is 2.22.